The lowest BCUT2D eigenvalue weighted by Crippen LogP contribution is -2.52. The van der Waals surface area contributed by atoms with Gasteiger partial charge in [-0.3, -0.25) is 4.79 Å². The molecule has 0 aromatic heterocycles. The molecule has 0 rings (SSSR count). The number of carbonyl (C=O) groups excluding carboxylic acids is 1. The Labute approximate surface area is 106 Å². The standard InChI is InChI=1S/C14H26N2O/c1-7-10-12(8-2)15-11(4)13(17)16-14(5,6)9-3/h1,11-12,15H,8-10H2,2-6H3,(H,16,17). The smallest absolute Gasteiger partial charge is 0.237 e. The zero-order chi connectivity index (χ0) is 13.5. The van der Waals surface area contributed by atoms with E-state index in [0.29, 0.717) is 6.42 Å². The molecule has 2 N–H and O–H groups in total. The van der Waals surface area contributed by atoms with Crippen LogP contribution in [0.1, 0.15) is 53.9 Å². The number of hydrogen-bond acceptors (Lipinski definition) is 2. The van der Waals surface area contributed by atoms with Crippen molar-refractivity contribution in [2.75, 3.05) is 0 Å². The van der Waals surface area contributed by atoms with Crippen molar-refractivity contribution in [3.63, 3.8) is 0 Å². The molecule has 0 saturated carbocycles. The molecule has 2 unspecified atom stereocenters. The van der Waals surface area contributed by atoms with Crippen LogP contribution in [0, 0.1) is 12.3 Å². The summed E-state index contributed by atoms with van der Waals surface area (Å²) in [6, 6.07) is 0.00427. The number of nitrogens with one attached hydrogen (secondary N) is 2. The Bertz CT molecular complexity index is 278. The lowest BCUT2D eigenvalue weighted by Gasteiger charge is -2.28. The minimum absolute atomic E-state index is 0.0346. The third kappa shape index (κ3) is 6.33. The summed E-state index contributed by atoms with van der Waals surface area (Å²) in [5.41, 5.74) is -0.152. The van der Waals surface area contributed by atoms with Gasteiger partial charge in [-0.05, 0) is 33.6 Å². The van der Waals surface area contributed by atoms with Crippen molar-refractivity contribution in [1.82, 2.24) is 10.6 Å². The van der Waals surface area contributed by atoms with Crippen molar-refractivity contribution in [3.8, 4) is 12.3 Å². The lowest BCUT2D eigenvalue weighted by molar-refractivity contribution is -0.124. The number of terminal acetylenes is 1. The summed E-state index contributed by atoms with van der Waals surface area (Å²) in [7, 11) is 0. The number of carbonyl (C=O) groups is 1. The largest absolute Gasteiger partial charge is 0.350 e. The second-order valence-corrected chi connectivity index (χ2v) is 5.13. The minimum atomic E-state index is -0.209. The Morgan fingerprint density at radius 2 is 2.00 bits per heavy atom. The minimum Gasteiger partial charge on any atom is -0.350 e. The summed E-state index contributed by atoms with van der Waals surface area (Å²) in [6.45, 7) is 10.0. The summed E-state index contributed by atoms with van der Waals surface area (Å²) in [4.78, 5) is 11.9. The molecule has 3 nitrogen and oxygen atoms in total. The van der Waals surface area contributed by atoms with E-state index >= 15 is 0 Å². The Hall–Kier alpha value is -1.01. The normalized spacial score (nSPS) is 14.8. The van der Waals surface area contributed by atoms with Crippen LogP contribution >= 0.6 is 0 Å². The highest BCUT2D eigenvalue weighted by Gasteiger charge is 2.22. The molecular formula is C14H26N2O. The van der Waals surface area contributed by atoms with Gasteiger partial charge in [0.25, 0.3) is 0 Å². The van der Waals surface area contributed by atoms with E-state index in [4.69, 9.17) is 6.42 Å². The predicted molar refractivity (Wildman–Crippen MR) is 72.6 cm³/mol. The van der Waals surface area contributed by atoms with Crippen molar-refractivity contribution in [2.45, 2.75) is 71.5 Å². The molecule has 0 aromatic rings. The van der Waals surface area contributed by atoms with Gasteiger partial charge < -0.3 is 10.6 Å². The molecule has 0 aliphatic heterocycles. The highest BCUT2D eigenvalue weighted by molar-refractivity contribution is 5.82. The van der Waals surface area contributed by atoms with E-state index in [-0.39, 0.29) is 23.5 Å². The topological polar surface area (TPSA) is 41.1 Å². The van der Waals surface area contributed by atoms with Crippen LogP contribution < -0.4 is 10.6 Å². The molecule has 0 fully saturated rings. The molecule has 2 atom stereocenters. The maximum absolute atomic E-state index is 11.9. The van der Waals surface area contributed by atoms with Crippen LogP contribution in [-0.4, -0.2) is 23.5 Å². The quantitative estimate of drug-likeness (QED) is 0.667. The lowest BCUT2D eigenvalue weighted by atomic mass is 10.0. The van der Waals surface area contributed by atoms with Gasteiger partial charge in [-0.15, -0.1) is 12.3 Å². The average molecular weight is 238 g/mol. The van der Waals surface area contributed by atoms with E-state index in [1.807, 2.05) is 20.8 Å². The Balaban J connectivity index is 4.27. The van der Waals surface area contributed by atoms with E-state index in [0.717, 1.165) is 12.8 Å². The van der Waals surface area contributed by atoms with Crippen molar-refractivity contribution in [2.24, 2.45) is 0 Å². The van der Waals surface area contributed by atoms with Gasteiger partial charge in [0.05, 0.1) is 6.04 Å². The highest BCUT2D eigenvalue weighted by atomic mass is 16.2. The van der Waals surface area contributed by atoms with Gasteiger partial charge in [-0.1, -0.05) is 13.8 Å². The van der Waals surface area contributed by atoms with Crippen molar-refractivity contribution in [1.29, 1.82) is 0 Å². The molecular weight excluding hydrogens is 212 g/mol. The van der Waals surface area contributed by atoms with Crippen molar-refractivity contribution >= 4 is 5.91 Å². The van der Waals surface area contributed by atoms with Crippen LogP contribution in [0.3, 0.4) is 0 Å². The highest BCUT2D eigenvalue weighted by Crippen LogP contribution is 2.07. The number of rotatable bonds is 7. The molecule has 17 heavy (non-hydrogen) atoms. The summed E-state index contributed by atoms with van der Waals surface area (Å²) < 4.78 is 0. The summed E-state index contributed by atoms with van der Waals surface area (Å²) in [5, 5.41) is 6.28. The molecule has 3 heteroatoms. The average Bonchev–Trinajstić information content (AvgIpc) is 2.27. The second kappa shape index (κ2) is 7.34. The van der Waals surface area contributed by atoms with Gasteiger partial charge in [0.1, 0.15) is 0 Å². The van der Waals surface area contributed by atoms with E-state index in [9.17, 15) is 4.79 Å². The molecule has 0 aliphatic carbocycles. The van der Waals surface area contributed by atoms with Crippen LogP contribution in [0.25, 0.3) is 0 Å². The maximum atomic E-state index is 11.9. The zero-order valence-electron chi connectivity index (χ0n) is 11.8. The van der Waals surface area contributed by atoms with Crippen molar-refractivity contribution < 1.29 is 4.79 Å². The zero-order valence-corrected chi connectivity index (χ0v) is 11.8. The molecule has 0 spiro atoms. The van der Waals surface area contributed by atoms with Gasteiger partial charge >= 0.3 is 0 Å². The van der Waals surface area contributed by atoms with Gasteiger partial charge in [-0.25, -0.2) is 0 Å². The number of hydrogen-bond donors (Lipinski definition) is 2. The fraction of sp³-hybridized carbons (Fsp3) is 0.786. The molecule has 98 valence electrons. The van der Waals surface area contributed by atoms with Gasteiger partial charge in [0.2, 0.25) is 5.91 Å². The van der Waals surface area contributed by atoms with Gasteiger partial charge in [0.15, 0.2) is 0 Å². The van der Waals surface area contributed by atoms with E-state index in [2.05, 4.69) is 30.4 Å². The van der Waals surface area contributed by atoms with Gasteiger partial charge in [-0.2, -0.15) is 0 Å². The Morgan fingerprint density at radius 3 is 2.41 bits per heavy atom. The predicted octanol–water partition coefficient (Wildman–Crippen LogP) is 2.07. The van der Waals surface area contributed by atoms with Crippen LogP contribution in [0.2, 0.25) is 0 Å². The first-order chi connectivity index (χ1) is 7.86. The molecule has 0 aromatic carbocycles. The van der Waals surface area contributed by atoms with E-state index in [1.165, 1.54) is 0 Å². The summed E-state index contributed by atoms with van der Waals surface area (Å²) >= 11 is 0. The molecule has 0 bridgehead atoms. The first-order valence-electron chi connectivity index (χ1n) is 6.37. The van der Waals surface area contributed by atoms with E-state index in [1.54, 1.807) is 0 Å². The monoisotopic (exact) mass is 238 g/mol. The fourth-order valence-corrected chi connectivity index (χ4v) is 1.42. The Morgan fingerprint density at radius 1 is 1.41 bits per heavy atom. The van der Waals surface area contributed by atoms with E-state index < -0.39 is 0 Å². The third-order valence-electron chi connectivity index (χ3n) is 3.08. The van der Waals surface area contributed by atoms with Gasteiger partial charge in [0, 0.05) is 18.0 Å². The van der Waals surface area contributed by atoms with Crippen LogP contribution in [0.15, 0.2) is 0 Å². The third-order valence-corrected chi connectivity index (χ3v) is 3.08. The molecule has 0 aliphatic rings. The fourth-order valence-electron chi connectivity index (χ4n) is 1.42. The molecule has 0 radical (unpaired) electrons. The molecule has 1 amide bonds. The summed E-state index contributed by atoms with van der Waals surface area (Å²) in [5.74, 6) is 2.66. The first kappa shape index (κ1) is 16.0. The first-order valence-corrected chi connectivity index (χ1v) is 6.37. The molecule has 0 heterocycles. The maximum Gasteiger partial charge on any atom is 0.237 e. The number of amides is 1. The second-order valence-electron chi connectivity index (χ2n) is 5.13. The van der Waals surface area contributed by atoms with Crippen LogP contribution in [0.4, 0.5) is 0 Å². The SMILES string of the molecule is C#CCC(CC)NC(C)C(=O)NC(C)(C)CC. The molecule has 0 saturated heterocycles. The van der Waals surface area contributed by atoms with Crippen LogP contribution in [-0.2, 0) is 4.79 Å². The van der Waals surface area contributed by atoms with Crippen LogP contribution in [0.5, 0.6) is 0 Å². The van der Waals surface area contributed by atoms with Crippen molar-refractivity contribution in [3.05, 3.63) is 0 Å². The summed E-state index contributed by atoms with van der Waals surface area (Å²) in [6.07, 6.45) is 7.79. The Kier molecular flexibility index (Phi) is 6.91.